The second kappa shape index (κ2) is 7.95. The number of thioether (sulfide) groups is 1. The van der Waals surface area contributed by atoms with Crippen LogP contribution in [0.4, 0.5) is 0 Å². The van der Waals surface area contributed by atoms with Crippen molar-refractivity contribution in [2.75, 3.05) is 26.1 Å². The van der Waals surface area contributed by atoms with E-state index in [-0.39, 0.29) is 5.69 Å². The van der Waals surface area contributed by atoms with Gasteiger partial charge in [-0.1, -0.05) is 18.2 Å². The normalized spacial score (nSPS) is 10.8. The number of ether oxygens (including phenoxy) is 2. The first-order valence-corrected chi connectivity index (χ1v) is 7.80. The number of hydrogen-bond acceptors (Lipinski definition) is 6. The highest BCUT2D eigenvalue weighted by Crippen LogP contribution is 2.30. The summed E-state index contributed by atoms with van der Waals surface area (Å²) in [5.41, 5.74) is 1.07. The summed E-state index contributed by atoms with van der Waals surface area (Å²) in [5.74, 6) is 0.417. The SMILES string of the molecule is CCOC(=O)c1nnc2ccccc2c1SCCCOC. The zero-order chi connectivity index (χ0) is 15.1. The van der Waals surface area contributed by atoms with E-state index in [0.717, 1.165) is 28.0 Å². The van der Waals surface area contributed by atoms with Crippen molar-refractivity contribution in [2.45, 2.75) is 18.2 Å². The Morgan fingerprint density at radius 2 is 2.10 bits per heavy atom. The highest BCUT2D eigenvalue weighted by molar-refractivity contribution is 7.99. The number of methoxy groups -OCH3 is 1. The van der Waals surface area contributed by atoms with E-state index in [1.165, 1.54) is 0 Å². The maximum atomic E-state index is 12.0. The molecule has 1 aromatic carbocycles. The summed E-state index contributed by atoms with van der Waals surface area (Å²) in [6.07, 6.45) is 0.903. The molecule has 0 atom stereocenters. The minimum Gasteiger partial charge on any atom is -0.461 e. The van der Waals surface area contributed by atoms with Crippen molar-refractivity contribution in [3.63, 3.8) is 0 Å². The Labute approximate surface area is 128 Å². The van der Waals surface area contributed by atoms with Crippen LogP contribution in [0.2, 0.25) is 0 Å². The van der Waals surface area contributed by atoms with Gasteiger partial charge in [0.1, 0.15) is 0 Å². The molecule has 1 heterocycles. The number of esters is 1. The van der Waals surface area contributed by atoms with E-state index < -0.39 is 5.97 Å². The fraction of sp³-hybridized carbons (Fsp3) is 0.400. The van der Waals surface area contributed by atoms with E-state index in [1.807, 2.05) is 24.3 Å². The van der Waals surface area contributed by atoms with Gasteiger partial charge in [-0.2, -0.15) is 0 Å². The fourth-order valence-electron chi connectivity index (χ4n) is 1.89. The molecule has 0 radical (unpaired) electrons. The number of hydrogen-bond donors (Lipinski definition) is 0. The van der Waals surface area contributed by atoms with Crippen molar-refractivity contribution in [3.8, 4) is 0 Å². The fourth-order valence-corrected chi connectivity index (χ4v) is 2.94. The zero-order valence-electron chi connectivity index (χ0n) is 12.2. The van der Waals surface area contributed by atoms with Gasteiger partial charge in [0.25, 0.3) is 0 Å². The van der Waals surface area contributed by atoms with Crippen LogP contribution in [0.3, 0.4) is 0 Å². The average molecular weight is 306 g/mol. The molecule has 0 unspecified atom stereocenters. The van der Waals surface area contributed by atoms with Gasteiger partial charge in [-0.25, -0.2) is 4.79 Å². The predicted molar refractivity (Wildman–Crippen MR) is 82.7 cm³/mol. The molecule has 0 bridgehead atoms. The predicted octanol–water partition coefficient (Wildman–Crippen LogP) is 2.94. The number of nitrogens with zero attached hydrogens (tertiary/aromatic N) is 2. The van der Waals surface area contributed by atoms with E-state index in [4.69, 9.17) is 9.47 Å². The third-order valence-electron chi connectivity index (χ3n) is 2.83. The van der Waals surface area contributed by atoms with Gasteiger partial charge in [0.2, 0.25) is 0 Å². The monoisotopic (exact) mass is 306 g/mol. The van der Waals surface area contributed by atoms with Crippen LogP contribution >= 0.6 is 11.8 Å². The molecule has 0 aliphatic heterocycles. The number of benzene rings is 1. The third-order valence-corrected chi connectivity index (χ3v) is 4.02. The lowest BCUT2D eigenvalue weighted by atomic mass is 10.2. The molecule has 112 valence electrons. The minimum absolute atomic E-state index is 0.290. The first kappa shape index (κ1) is 15.7. The van der Waals surface area contributed by atoms with Gasteiger partial charge in [0.15, 0.2) is 5.69 Å². The number of carbonyl (C=O) groups is 1. The number of aromatic nitrogens is 2. The summed E-state index contributed by atoms with van der Waals surface area (Å²) in [5, 5.41) is 9.08. The Kier molecular flexibility index (Phi) is 5.95. The first-order valence-electron chi connectivity index (χ1n) is 6.82. The maximum absolute atomic E-state index is 12.0. The molecule has 0 aliphatic carbocycles. The van der Waals surface area contributed by atoms with Crippen LogP contribution in [0.1, 0.15) is 23.8 Å². The van der Waals surface area contributed by atoms with Crippen LogP contribution in [0.25, 0.3) is 10.9 Å². The summed E-state index contributed by atoms with van der Waals surface area (Å²) in [4.78, 5) is 12.9. The lowest BCUT2D eigenvalue weighted by molar-refractivity contribution is 0.0514. The van der Waals surface area contributed by atoms with E-state index in [2.05, 4.69) is 10.2 Å². The molecule has 2 rings (SSSR count). The number of fused-ring (bicyclic) bond motifs is 1. The molecule has 6 heteroatoms. The van der Waals surface area contributed by atoms with Crippen molar-refractivity contribution in [1.29, 1.82) is 0 Å². The highest BCUT2D eigenvalue weighted by atomic mass is 32.2. The summed E-state index contributed by atoms with van der Waals surface area (Å²) < 4.78 is 10.1. The molecule has 1 aromatic heterocycles. The maximum Gasteiger partial charge on any atom is 0.360 e. The van der Waals surface area contributed by atoms with E-state index in [0.29, 0.717) is 13.2 Å². The largest absolute Gasteiger partial charge is 0.461 e. The molecular weight excluding hydrogens is 288 g/mol. The molecular formula is C15H18N2O3S. The molecule has 0 saturated carbocycles. The molecule has 0 saturated heterocycles. The molecule has 0 fully saturated rings. The Morgan fingerprint density at radius 3 is 2.86 bits per heavy atom. The van der Waals surface area contributed by atoms with Crippen molar-refractivity contribution in [2.24, 2.45) is 0 Å². The van der Waals surface area contributed by atoms with Gasteiger partial charge < -0.3 is 9.47 Å². The van der Waals surface area contributed by atoms with Crippen LogP contribution in [0, 0.1) is 0 Å². The van der Waals surface area contributed by atoms with Gasteiger partial charge in [-0.15, -0.1) is 22.0 Å². The van der Waals surface area contributed by atoms with Gasteiger partial charge in [-0.3, -0.25) is 0 Å². The summed E-state index contributed by atoms with van der Waals surface area (Å²) >= 11 is 1.59. The summed E-state index contributed by atoms with van der Waals surface area (Å²) in [7, 11) is 1.68. The number of carbonyl (C=O) groups excluding carboxylic acids is 1. The molecule has 5 nitrogen and oxygen atoms in total. The standard InChI is InChI=1S/C15H18N2O3S/c1-3-20-15(18)13-14(21-10-6-9-19-2)11-7-4-5-8-12(11)16-17-13/h4-5,7-8H,3,6,9-10H2,1-2H3. The van der Waals surface area contributed by atoms with E-state index in [9.17, 15) is 4.79 Å². The average Bonchev–Trinajstić information content (AvgIpc) is 2.51. The quantitative estimate of drug-likeness (QED) is 0.445. The lowest BCUT2D eigenvalue weighted by Crippen LogP contribution is -2.10. The summed E-state index contributed by atoms with van der Waals surface area (Å²) in [6, 6.07) is 7.67. The van der Waals surface area contributed by atoms with Gasteiger partial charge >= 0.3 is 5.97 Å². The van der Waals surface area contributed by atoms with Gasteiger partial charge in [-0.05, 0) is 19.4 Å². The molecule has 0 N–H and O–H groups in total. The Hall–Kier alpha value is -1.66. The van der Waals surface area contributed by atoms with Crippen LogP contribution < -0.4 is 0 Å². The third kappa shape index (κ3) is 3.92. The Bertz CT molecular complexity index is 619. The minimum atomic E-state index is -0.426. The second-order valence-corrected chi connectivity index (χ2v) is 5.42. The second-order valence-electron chi connectivity index (χ2n) is 4.31. The molecule has 0 aliphatic rings. The van der Waals surface area contributed by atoms with Crippen molar-refractivity contribution < 1.29 is 14.3 Å². The Morgan fingerprint density at radius 1 is 1.29 bits per heavy atom. The Balaban J connectivity index is 2.35. The highest BCUT2D eigenvalue weighted by Gasteiger charge is 2.18. The van der Waals surface area contributed by atoms with E-state index in [1.54, 1.807) is 25.8 Å². The first-order chi connectivity index (χ1) is 10.3. The van der Waals surface area contributed by atoms with Crippen molar-refractivity contribution in [3.05, 3.63) is 30.0 Å². The van der Waals surface area contributed by atoms with Crippen LogP contribution in [-0.2, 0) is 9.47 Å². The van der Waals surface area contributed by atoms with Crippen LogP contribution in [0.15, 0.2) is 29.2 Å². The van der Waals surface area contributed by atoms with Crippen molar-refractivity contribution >= 4 is 28.6 Å². The number of rotatable bonds is 7. The summed E-state index contributed by atoms with van der Waals surface area (Å²) in [6.45, 7) is 2.79. The van der Waals surface area contributed by atoms with Gasteiger partial charge in [0, 0.05) is 24.9 Å². The van der Waals surface area contributed by atoms with Gasteiger partial charge in [0.05, 0.1) is 17.0 Å². The lowest BCUT2D eigenvalue weighted by Gasteiger charge is -2.10. The van der Waals surface area contributed by atoms with Crippen LogP contribution in [0.5, 0.6) is 0 Å². The van der Waals surface area contributed by atoms with E-state index >= 15 is 0 Å². The zero-order valence-corrected chi connectivity index (χ0v) is 13.0. The molecule has 0 spiro atoms. The molecule has 21 heavy (non-hydrogen) atoms. The van der Waals surface area contributed by atoms with Crippen LogP contribution in [-0.4, -0.2) is 42.2 Å². The van der Waals surface area contributed by atoms with Crippen molar-refractivity contribution in [1.82, 2.24) is 10.2 Å². The smallest absolute Gasteiger partial charge is 0.360 e. The molecule has 0 amide bonds. The molecule has 2 aromatic rings. The topological polar surface area (TPSA) is 61.3 Å².